The second-order valence-electron chi connectivity index (χ2n) is 4.40. The van der Waals surface area contributed by atoms with Crippen molar-refractivity contribution in [3.8, 4) is 0 Å². The summed E-state index contributed by atoms with van der Waals surface area (Å²) in [4.78, 5) is 16.7. The Morgan fingerprint density at radius 2 is 2.00 bits per heavy atom. The zero-order valence-electron chi connectivity index (χ0n) is 9.47. The van der Waals surface area contributed by atoms with E-state index in [1.165, 1.54) is 0 Å². The average Bonchev–Trinajstić information content (AvgIpc) is 2.33. The summed E-state index contributed by atoms with van der Waals surface area (Å²) >= 11 is 0. The molecule has 17 heavy (non-hydrogen) atoms. The number of rotatable bonds is 3. The number of alkyl halides is 1. The maximum absolute atomic E-state index is 13.8. The van der Waals surface area contributed by atoms with Gasteiger partial charge in [-0.05, 0) is 17.7 Å². The van der Waals surface area contributed by atoms with E-state index in [2.05, 4.69) is 9.88 Å². The second kappa shape index (κ2) is 4.79. The Hall–Kier alpha value is -1.49. The molecule has 92 valence electrons. The van der Waals surface area contributed by atoms with Crippen molar-refractivity contribution in [3.63, 3.8) is 0 Å². The van der Waals surface area contributed by atoms with Crippen LogP contribution in [0.3, 0.4) is 0 Å². The third kappa shape index (κ3) is 2.79. The number of hydrogen-bond acceptors (Lipinski definition) is 3. The molecule has 2 heterocycles. The number of carboxylic acids is 1. The quantitative estimate of drug-likeness (QED) is 0.866. The monoisotopic (exact) mass is 238 g/mol. The van der Waals surface area contributed by atoms with E-state index in [-0.39, 0.29) is 12.8 Å². The number of carbonyl (C=O) groups is 1. The van der Waals surface area contributed by atoms with Crippen molar-refractivity contribution >= 4 is 5.97 Å². The van der Waals surface area contributed by atoms with E-state index in [1.807, 2.05) is 12.1 Å². The first-order chi connectivity index (χ1) is 8.10. The zero-order valence-corrected chi connectivity index (χ0v) is 9.47. The molecule has 1 aromatic heterocycles. The van der Waals surface area contributed by atoms with Crippen LogP contribution >= 0.6 is 0 Å². The minimum absolute atomic E-state index is 0.0629. The van der Waals surface area contributed by atoms with E-state index in [0.717, 1.165) is 12.1 Å². The van der Waals surface area contributed by atoms with Gasteiger partial charge in [-0.25, -0.2) is 9.18 Å². The van der Waals surface area contributed by atoms with Crippen LogP contribution in [-0.2, 0) is 11.3 Å². The number of nitrogens with zero attached hydrogens (tertiary/aromatic N) is 2. The summed E-state index contributed by atoms with van der Waals surface area (Å²) < 4.78 is 13.8. The van der Waals surface area contributed by atoms with Crippen LogP contribution in [0.1, 0.15) is 18.4 Å². The summed E-state index contributed by atoms with van der Waals surface area (Å²) in [5.74, 6) is -1.33. The lowest BCUT2D eigenvalue weighted by Gasteiger charge is -2.33. The number of likely N-dealkylation sites (tertiary alicyclic amines) is 1. The van der Waals surface area contributed by atoms with E-state index < -0.39 is 11.6 Å². The molecule has 0 aliphatic carbocycles. The van der Waals surface area contributed by atoms with E-state index in [1.54, 1.807) is 12.4 Å². The maximum atomic E-state index is 13.8. The minimum atomic E-state index is -2.03. The van der Waals surface area contributed by atoms with Gasteiger partial charge in [-0.2, -0.15) is 0 Å². The van der Waals surface area contributed by atoms with Crippen LogP contribution in [0.2, 0.25) is 0 Å². The van der Waals surface area contributed by atoms with Gasteiger partial charge < -0.3 is 5.11 Å². The Morgan fingerprint density at radius 3 is 2.53 bits per heavy atom. The van der Waals surface area contributed by atoms with Gasteiger partial charge in [0.15, 0.2) is 0 Å². The van der Waals surface area contributed by atoms with Crippen molar-refractivity contribution < 1.29 is 14.3 Å². The molecule has 1 aromatic rings. The lowest BCUT2D eigenvalue weighted by Crippen LogP contribution is -2.46. The lowest BCUT2D eigenvalue weighted by molar-refractivity contribution is -0.154. The summed E-state index contributed by atoms with van der Waals surface area (Å²) in [7, 11) is 0. The van der Waals surface area contributed by atoms with Gasteiger partial charge in [0.1, 0.15) is 0 Å². The number of hydrogen-bond donors (Lipinski definition) is 1. The molecule has 0 amide bonds. The van der Waals surface area contributed by atoms with Gasteiger partial charge in [0, 0.05) is 44.9 Å². The summed E-state index contributed by atoms with van der Waals surface area (Å²) in [5.41, 5.74) is -0.920. The average molecular weight is 238 g/mol. The fraction of sp³-hybridized carbons (Fsp3) is 0.500. The highest BCUT2D eigenvalue weighted by atomic mass is 19.1. The molecule has 1 saturated heterocycles. The van der Waals surface area contributed by atoms with Crippen LogP contribution in [-0.4, -0.2) is 39.7 Å². The largest absolute Gasteiger partial charge is 0.479 e. The lowest BCUT2D eigenvalue weighted by atomic mass is 9.93. The molecular weight excluding hydrogens is 223 g/mol. The highest BCUT2D eigenvalue weighted by molar-refractivity contribution is 5.77. The van der Waals surface area contributed by atoms with Gasteiger partial charge in [0.2, 0.25) is 5.67 Å². The van der Waals surface area contributed by atoms with E-state index >= 15 is 0 Å². The summed E-state index contributed by atoms with van der Waals surface area (Å²) in [6, 6.07) is 3.82. The van der Waals surface area contributed by atoms with Crippen molar-refractivity contribution in [2.24, 2.45) is 0 Å². The summed E-state index contributed by atoms with van der Waals surface area (Å²) in [5, 5.41) is 8.77. The van der Waals surface area contributed by atoms with Crippen LogP contribution in [0.5, 0.6) is 0 Å². The summed E-state index contributed by atoms with van der Waals surface area (Å²) in [6.45, 7) is 1.68. The minimum Gasteiger partial charge on any atom is -0.479 e. The van der Waals surface area contributed by atoms with Gasteiger partial charge in [0.25, 0.3) is 0 Å². The molecule has 1 fully saturated rings. The van der Waals surface area contributed by atoms with Crippen molar-refractivity contribution in [2.45, 2.75) is 25.1 Å². The first-order valence-electron chi connectivity index (χ1n) is 5.64. The first kappa shape index (κ1) is 12.0. The van der Waals surface area contributed by atoms with Gasteiger partial charge in [-0.1, -0.05) is 0 Å². The smallest absolute Gasteiger partial charge is 0.341 e. The molecule has 0 radical (unpaired) electrons. The Bertz CT molecular complexity index is 389. The number of carboxylic acid groups (broad SMARTS) is 1. The molecule has 4 nitrogen and oxygen atoms in total. The molecule has 1 aliphatic heterocycles. The van der Waals surface area contributed by atoms with E-state index in [9.17, 15) is 9.18 Å². The number of pyridine rings is 1. The predicted octanol–water partition coefficient (Wildman–Crippen LogP) is 1.47. The topological polar surface area (TPSA) is 53.4 Å². The predicted molar refractivity (Wildman–Crippen MR) is 60.2 cm³/mol. The highest BCUT2D eigenvalue weighted by Gasteiger charge is 2.41. The molecule has 0 aromatic carbocycles. The molecular formula is C12H15FN2O2. The Kier molecular flexibility index (Phi) is 3.38. The molecule has 1 N–H and O–H groups in total. The van der Waals surface area contributed by atoms with Gasteiger partial charge >= 0.3 is 5.97 Å². The maximum Gasteiger partial charge on any atom is 0.341 e. The van der Waals surface area contributed by atoms with Gasteiger partial charge in [-0.3, -0.25) is 9.88 Å². The van der Waals surface area contributed by atoms with E-state index in [0.29, 0.717) is 13.1 Å². The molecule has 0 atom stereocenters. The van der Waals surface area contributed by atoms with Crippen LogP contribution in [0, 0.1) is 0 Å². The Labute approximate surface area is 99.1 Å². The Morgan fingerprint density at radius 1 is 1.41 bits per heavy atom. The molecule has 1 aliphatic rings. The van der Waals surface area contributed by atoms with Crippen molar-refractivity contribution in [3.05, 3.63) is 30.1 Å². The van der Waals surface area contributed by atoms with Crippen LogP contribution < -0.4 is 0 Å². The molecule has 0 spiro atoms. The molecule has 2 rings (SSSR count). The standard InChI is InChI=1S/C12H15FN2O2/c13-12(11(16)17)3-7-15(8-4-12)9-10-1-5-14-6-2-10/h1-2,5-6H,3-4,7-9H2,(H,16,17). The second-order valence-corrected chi connectivity index (χ2v) is 4.40. The summed E-state index contributed by atoms with van der Waals surface area (Å²) in [6.07, 6.45) is 3.56. The van der Waals surface area contributed by atoms with Gasteiger partial charge in [-0.15, -0.1) is 0 Å². The SMILES string of the molecule is O=C(O)C1(F)CCN(Cc2ccncc2)CC1. The third-order valence-corrected chi connectivity index (χ3v) is 3.19. The number of aromatic nitrogens is 1. The normalized spacial score (nSPS) is 20.1. The fourth-order valence-corrected chi connectivity index (χ4v) is 2.03. The Balaban J connectivity index is 1.90. The van der Waals surface area contributed by atoms with Crippen LogP contribution in [0.25, 0.3) is 0 Å². The molecule has 0 saturated carbocycles. The van der Waals surface area contributed by atoms with Crippen molar-refractivity contribution in [1.82, 2.24) is 9.88 Å². The number of piperidine rings is 1. The zero-order chi connectivity index (χ0) is 12.3. The molecule has 5 heteroatoms. The highest BCUT2D eigenvalue weighted by Crippen LogP contribution is 2.27. The number of halogens is 1. The van der Waals surface area contributed by atoms with E-state index in [4.69, 9.17) is 5.11 Å². The number of aliphatic carboxylic acids is 1. The van der Waals surface area contributed by atoms with Crippen LogP contribution in [0.15, 0.2) is 24.5 Å². The molecule has 0 bridgehead atoms. The van der Waals surface area contributed by atoms with Crippen molar-refractivity contribution in [1.29, 1.82) is 0 Å². The fourth-order valence-electron chi connectivity index (χ4n) is 2.03. The first-order valence-corrected chi connectivity index (χ1v) is 5.64. The molecule has 0 unspecified atom stereocenters. The van der Waals surface area contributed by atoms with Crippen molar-refractivity contribution in [2.75, 3.05) is 13.1 Å². The third-order valence-electron chi connectivity index (χ3n) is 3.19. The van der Waals surface area contributed by atoms with Gasteiger partial charge in [0.05, 0.1) is 0 Å². The van der Waals surface area contributed by atoms with Crippen LogP contribution in [0.4, 0.5) is 4.39 Å².